The highest BCUT2D eigenvalue weighted by atomic mass is 16.5. The van der Waals surface area contributed by atoms with Gasteiger partial charge in [-0.2, -0.15) is 0 Å². The first-order valence-corrected chi connectivity index (χ1v) is 4.33. The molecule has 0 spiro atoms. The van der Waals surface area contributed by atoms with Crippen molar-refractivity contribution < 1.29 is 9.53 Å². The Bertz CT molecular complexity index is 313. The molecule has 3 heteroatoms. The Labute approximate surface area is 78.3 Å². The van der Waals surface area contributed by atoms with Crippen LogP contribution in [0.4, 0.5) is 0 Å². The normalized spacial score (nSPS) is 10.5. The molecule has 72 valence electrons. The highest BCUT2D eigenvalue weighted by Crippen LogP contribution is 2.15. The van der Waals surface area contributed by atoms with Gasteiger partial charge in [0.2, 0.25) is 0 Å². The maximum Gasteiger partial charge on any atom is 0.339 e. The fourth-order valence-corrected chi connectivity index (χ4v) is 1.41. The first kappa shape index (κ1) is 9.84. The Morgan fingerprint density at radius 3 is 2.54 bits per heavy atom. The Hall–Kier alpha value is -1.25. The molecule has 0 radical (unpaired) electrons. The van der Waals surface area contributed by atoms with Gasteiger partial charge < -0.3 is 9.30 Å². The topological polar surface area (TPSA) is 31.2 Å². The second-order valence-corrected chi connectivity index (χ2v) is 3.31. The molecule has 1 heterocycles. The molecular formula is C10H15NO2. The van der Waals surface area contributed by atoms with Gasteiger partial charge in [-0.25, -0.2) is 4.79 Å². The summed E-state index contributed by atoms with van der Waals surface area (Å²) in [5.74, 6) is -0.267. The molecule has 0 aromatic carbocycles. The van der Waals surface area contributed by atoms with Crippen LogP contribution in [0.1, 0.15) is 35.9 Å². The number of ether oxygens (including phenoxy) is 1. The van der Waals surface area contributed by atoms with E-state index in [4.69, 9.17) is 0 Å². The van der Waals surface area contributed by atoms with E-state index in [9.17, 15) is 4.79 Å². The zero-order valence-electron chi connectivity index (χ0n) is 8.50. The molecule has 0 aliphatic rings. The van der Waals surface area contributed by atoms with Crippen molar-refractivity contribution >= 4 is 5.97 Å². The smallest absolute Gasteiger partial charge is 0.339 e. The lowest BCUT2D eigenvalue weighted by Crippen LogP contribution is -2.06. The van der Waals surface area contributed by atoms with Crippen LogP contribution in [-0.2, 0) is 4.74 Å². The van der Waals surface area contributed by atoms with Crippen LogP contribution >= 0.6 is 0 Å². The molecule has 0 unspecified atom stereocenters. The molecule has 0 N–H and O–H groups in total. The monoisotopic (exact) mass is 181 g/mol. The number of hydrogen-bond acceptors (Lipinski definition) is 2. The second kappa shape index (κ2) is 3.64. The molecule has 0 aliphatic carbocycles. The van der Waals surface area contributed by atoms with Crippen LogP contribution in [-0.4, -0.2) is 17.6 Å². The van der Waals surface area contributed by atoms with Crippen LogP contribution in [0, 0.1) is 6.92 Å². The van der Waals surface area contributed by atoms with E-state index in [2.05, 4.69) is 18.6 Å². The van der Waals surface area contributed by atoms with Crippen molar-refractivity contribution in [2.75, 3.05) is 7.11 Å². The summed E-state index contributed by atoms with van der Waals surface area (Å²) in [6.45, 7) is 6.08. The minimum atomic E-state index is -0.267. The lowest BCUT2D eigenvalue weighted by molar-refractivity contribution is 0.0600. The van der Waals surface area contributed by atoms with Gasteiger partial charge >= 0.3 is 5.97 Å². The molecule has 0 fully saturated rings. The van der Waals surface area contributed by atoms with Crippen LogP contribution in [0.5, 0.6) is 0 Å². The first-order valence-electron chi connectivity index (χ1n) is 4.33. The molecule has 3 nitrogen and oxygen atoms in total. The number of hydrogen-bond donors (Lipinski definition) is 0. The summed E-state index contributed by atoms with van der Waals surface area (Å²) in [4.78, 5) is 11.2. The highest BCUT2D eigenvalue weighted by Gasteiger charge is 2.13. The number of carbonyl (C=O) groups excluding carboxylic acids is 1. The summed E-state index contributed by atoms with van der Waals surface area (Å²) in [7, 11) is 1.40. The summed E-state index contributed by atoms with van der Waals surface area (Å²) in [6, 6.07) is 2.17. The zero-order chi connectivity index (χ0) is 10.0. The predicted molar refractivity (Wildman–Crippen MR) is 50.9 cm³/mol. The van der Waals surface area contributed by atoms with Crippen molar-refractivity contribution in [3.63, 3.8) is 0 Å². The van der Waals surface area contributed by atoms with E-state index in [0.29, 0.717) is 11.6 Å². The summed E-state index contributed by atoms with van der Waals surface area (Å²) in [5, 5.41) is 0. The Morgan fingerprint density at radius 1 is 1.54 bits per heavy atom. The predicted octanol–water partition coefficient (Wildman–Crippen LogP) is 2.16. The molecule has 0 saturated carbocycles. The Morgan fingerprint density at radius 2 is 2.15 bits per heavy atom. The Balaban J connectivity index is 3.06. The van der Waals surface area contributed by atoms with Crippen LogP contribution in [0.2, 0.25) is 0 Å². The van der Waals surface area contributed by atoms with Gasteiger partial charge in [-0.05, 0) is 26.8 Å². The average molecular weight is 181 g/mol. The van der Waals surface area contributed by atoms with Gasteiger partial charge in [-0.15, -0.1) is 0 Å². The third-order valence-electron chi connectivity index (χ3n) is 2.14. The summed E-state index contributed by atoms with van der Waals surface area (Å²) in [5.41, 5.74) is 1.61. The Kier molecular flexibility index (Phi) is 2.76. The van der Waals surface area contributed by atoms with Crippen molar-refractivity contribution in [2.45, 2.75) is 26.8 Å². The van der Waals surface area contributed by atoms with Gasteiger partial charge in [0.05, 0.1) is 12.7 Å². The van der Waals surface area contributed by atoms with Crippen LogP contribution in [0.3, 0.4) is 0 Å². The maximum atomic E-state index is 11.2. The van der Waals surface area contributed by atoms with E-state index < -0.39 is 0 Å². The molecule has 0 saturated heterocycles. The minimum Gasteiger partial charge on any atom is -0.465 e. The van der Waals surface area contributed by atoms with Crippen LogP contribution < -0.4 is 0 Å². The highest BCUT2D eigenvalue weighted by molar-refractivity contribution is 5.90. The van der Waals surface area contributed by atoms with Gasteiger partial charge in [0.15, 0.2) is 0 Å². The molecule has 0 atom stereocenters. The molecule has 1 aromatic rings. The molecule has 0 bridgehead atoms. The number of aromatic nitrogens is 1. The van der Waals surface area contributed by atoms with Crippen molar-refractivity contribution in [3.05, 3.63) is 23.5 Å². The fourth-order valence-electron chi connectivity index (χ4n) is 1.41. The lowest BCUT2D eigenvalue weighted by atomic mass is 10.2. The van der Waals surface area contributed by atoms with E-state index in [1.165, 1.54) is 7.11 Å². The van der Waals surface area contributed by atoms with Gasteiger partial charge in [0.25, 0.3) is 0 Å². The fraction of sp³-hybridized carbons (Fsp3) is 0.500. The second-order valence-electron chi connectivity index (χ2n) is 3.31. The minimum absolute atomic E-state index is 0.267. The molecule has 1 aromatic heterocycles. The van der Waals surface area contributed by atoms with Gasteiger partial charge in [-0.3, -0.25) is 0 Å². The summed E-state index contributed by atoms with van der Waals surface area (Å²) in [6.07, 6.45) is 1.91. The van der Waals surface area contributed by atoms with Crippen LogP contribution in [0.15, 0.2) is 12.3 Å². The van der Waals surface area contributed by atoms with Gasteiger partial charge in [0, 0.05) is 17.9 Å². The maximum absolute atomic E-state index is 11.2. The summed E-state index contributed by atoms with van der Waals surface area (Å²) < 4.78 is 6.71. The SMILES string of the molecule is COC(=O)c1ccn(C(C)C)c1C. The van der Waals surface area contributed by atoms with E-state index in [-0.39, 0.29) is 5.97 Å². The number of esters is 1. The molecule has 0 amide bonds. The average Bonchev–Trinajstić information content (AvgIpc) is 2.46. The van der Waals surface area contributed by atoms with Gasteiger partial charge in [0.1, 0.15) is 0 Å². The van der Waals surface area contributed by atoms with E-state index in [1.807, 2.05) is 17.7 Å². The van der Waals surface area contributed by atoms with Crippen molar-refractivity contribution in [2.24, 2.45) is 0 Å². The number of carbonyl (C=O) groups is 1. The van der Waals surface area contributed by atoms with Gasteiger partial charge in [-0.1, -0.05) is 0 Å². The number of methoxy groups -OCH3 is 1. The third-order valence-corrected chi connectivity index (χ3v) is 2.14. The van der Waals surface area contributed by atoms with Crippen LogP contribution in [0.25, 0.3) is 0 Å². The number of rotatable bonds is 2. The molecule has 1 rings (SSSR count). The largest absolute Gasteiger partial charge is 0.465 e. The first-order chi connectivity index (χ1) is 6.07. The van der Waals surface area contributed by atoms with E-state index in [0.717, 1.165) is 5.69 Å². The van der Waals surface area contributed by atoms with E-state index >= 15 is 0 Å². The third kappa shape index (κ3) is 1.74. The van der Waals surface area contributed by atoms with Crippen molar-refractivity contribution in [3.8, 4) is 0 Å². The lowest BCUT2D eigenvalue weighted by Gasteiger charge is -2.10. The number of nitrogens with zero attached hydrogens (tertiary/aromatic N) is 1. The quantitative estimate of drug-likeness (QED) is 0.655. The molecule has 0 aliphatic heterocycles. The van der Waals surface area contributed by atoms with E-state index in [1.54, 1.807) is 6.07 Å². The van der Waals surface area contributed by atoms with Crippen molar-refractivity contribution in [1.29, 1.82) is 0 Å². The zero-order valence-corrected chi connectivity index (χ0v) is 8.50. The summed E-state index contributed by atoms with van der Waals surface area (Å²) >= 11 is 0. The van der Waals surface area contributed by atoms with Crippen molar-refractivity contribution in [1.82, 2.24) is 4.57 Å². The standard InChI is InChI=1S/C10H15NO2/c1-7(2)11-6-5-9(8(11)3)10(12)13-4/h5-7H,1-4H3. The molecular weight excluding hydrogens is 166 g/mol. The molecule has 13 heavy (non-hydrogen) atoms.